The SMILES string of the molecule is CCCC(=O)Nc1cccc(NC(=O)CCc2ncc(-c3ccccc3F)o2)c1. The average Bonchev–Trinajstić information content (AvgIpc) is 3.16. The number of carbonyl (C=O) groups excluding carboxylic acids is 2. The van der Waals surface area contributed by atoms with Crippen LogP contribution in [0.1, 0.15) is 32.1 Å². The van der Waals surface area contributed by atoms with Gasteiger partial charge in [-0.2, -0.15) is 0 Å². The summed E-state index contributed by atoms with van der Waals surface area (Å²) >= 11 is 0. The van der Waals surface area contributed by atoms with Gasteiger partial charge in [0.1, 0.15) is 5.82 Å². The lowest BCUT2D eigenvalue weighted by Gasteiger charge is -2.08. The predicted molar refractivity (Wildman–Crippen MR) is 109 cm³/mol. The third kappa shape index (κ3) is 5.75. The number of nitrogens with one attached hydrogen (secondary N) is 2. The number of oxazole rings is 1. The average molecular weight is 395 g/mol. The standard InChI is InChI=1S/C22H22FN3O3/c1-2-6-20(27)25-15-7-5-8-16(13-15)26-21(28)11-12-22-24-14-19(29-22)17-9-3-4-10-18(17)23/h3-5,7-10,13-14H,2,6,11-12H2,1H3,(H,25,27)(H,26,28). The van der Waals surface area contributed by atoms with Crippen molar-refractivity contribution < 1.29 is 18.4 Å². The molecule has 0 radical (unpaired) electrons. The zero-order chi connectivity index (χ0) is 20.6. The first-order valence-corrected chi connectivity index (χ1v) is 9.44. The van der Waals surface area contributed by atoms with E-state index in [0.717, 1.165) is 6.42 Å². The quantitative estimate of drug-likeness (QED) is 0.574. The van der Waals surface area contributed by atoms with Gasteiger partial charge in [0.15, 0.2) is 11.7 Å². The van der Waals surface area contributed by atoms with E-state index in [1.54, 1.807) is 42.5 Å². The molecule has 1 heterocycles. The van der Waals surface area contributed by atoms with E-state index < -0.39 is 0 Å². The Kier molecular flexibility index (Phi) is 6.73. The molecule has 0 saturated carbocycles. The summed E-state index contributed by atoms with van der Waals surface area (Å²) in [5, 5.41) is 5.58. The van der Waals surface area contributed by atoms with Crippen LogP contribution >= 0.6 is 0 Å². The smallest absolute Gasteiger partial charge is 0.224 e. The third-order valence-electron chi connectivity index (χ3n) is 4.17. The van der Waals surface area contributed by atoms with E-state index >= 15 is 0 Å². The molecule has 0 atom stereocenters. The van der Waals surface area contributed by atoms with Gasteiger partial charge in [-0.15, -0.1) is 0 Å². The van der Waals surface area contributed by atoms with Crippen LogP contribution in [0.2, 0.25) is 0 Å². The molecule has 0 aliphatic rings. The van der Waals surface area contributed by atoms with Crippen LogP contribution in [0, 0.1) is 5.82 Å². The lowest BCUT2D eigenvalue weighted by Crippen LogP contribution is -2.14. The molecular weight excluding hydrogens is 373 g/mol. The molecule has 0 fully saturated rings. The summed E-state index contributed by atoms with van der Waals surface area (Å²) in [6.45, 7) is 1.93. The molecule has 0 bridgehead atoms. The molecule has 2 aromatic carbocycles. The molecule has 29 heavy (non-hydrogen) atoms. The van der Waals surface area contributed by atoms with Crippen LogP contribution in [0.3, 0.4) is 0 Å². The first-order valence-electron chi connectivity index (χ1n) is 9.44. The van der Waals surface area contributed by atoms with Crippen molar-refractivity contribution in [2.75, 3.05) is 10.6 Å². The highest BCUT2D eigenvalue weighted by molar-refractivity contribution is 5.94. The second-order valence-electron chi connectivity index (χ2n) is 6.53. The van der Waals surface area contributed by atoms with Crippen molar-refractivity contribution in [1.29, 1.82) is 0 Å². The molecule has 0 spiro atoms. The number of aromatic nitrogens is 1. The lowest BCUT2D eigenvalue weighted by atomic mass is 10.2. The van der Waals surface area contributed by atoms with Crippen LogP contribution in [-0.4, -0.2) is 16.8 Å². The van der Waals surface area contributed by atoms with Crippen LogP contribution in [-0.2, 0) is 16.0 Å². The Balaban J connectivity index is 1.54. The van der Waals surface area contributed by atoms with Crippen molar-refractivity contribution in [3.05, 3.63) is 66.4 Å². The number of amides is 2. The van der Waals surface area contributed by atoms with Gasteiger partial charge in [-0.1, -0.05) is 25.1 Å². The van der Waals surface area contributed by atoms with Gasteiger partial charge in [0.2, 0.25) is 11.8 Å². The normalized spacial score (nSPS) is 10.6. The van der Waals surface area contributed by atoms with Crippen LogP contribution in [0.15, 0.2) is 59.1 Å². The summed E-state index contributed by atoms with van der Waals surface area (Å²) in [6.07, 6.45) is 3.11. The Morgan fingerprint density at radius 1 is 1.00 bits per heavy atom. The second-order valence-corrected chi connectivity index (χ2v) is 6.53. The van der Waals surface area contributed by atoms with Gasteiger partial charge in [0, 0.05) is 30.6 Å². The van der Waals surface area contributed by atoms with Crippen molar-refractivity contribution in [1.82, 2.24) is 4.98 Å². The molecule has 1 aromatic heterocycles. The Bertz CT molecular complexity index is 1000. The molecule has 0 aliphatic heterocycles. The fourth-order valence-corrected chi connectivity index (χ4v) is 2.78. The summed E-state index contributed by atoms with van der Waals surface area (Å²) in [5.41, 5.74) is 1.55. The van der Waals surface area contributed by atoms with Crippen molar-refractivity contribution in [3.8, 4) is 11.3 Å². The lowest BCUT2D eigenvalue weighted by molar-refractivity contribution is -0.117. The number of halogens is 1. The molecular formula is C22H22FN3O3. The first-order chi connectivity index (χ1) is 14.0. The maximum Gasteiger partial charge on any atom is 0.224 e. The van der Waals surface area contributed by atoms with Gasteiger partial charge in [-0.05, 0) is 36.8 Å². The van der Waals surface area contributed by atoms with Gasteiger partial charge in [-0.25, -0.2) is 9.37 Å². The summed E-state index contributed by atoms with van der Waals surface area (Å²) in [7, 11) is 0. The fourth-order valence-electron chi connectivity index (χ4n) is 2.78. The third-order valence-corrected chi connectivity index (χ3v) is 4.17. The van der Waals surface area contributed by atoms with Crippen LogP contribution < -0.4 is 10.6 Å². The Labute approximate surface area is 168 Å². The maximum atomic E-state index is 13.8. The zero-order valence-electron chi connectivity index (χ0n) is 16.1. The van der Waals surface area contributed by atoms with Crippen molar-refractivity contribution in [2.45, 2.75) is 32.6 Å². The minimum Gasteiger partial charge on any atom is -0.441 e. The van der Waals surface area contributed by atoms with Gasteiger partial charge in [0.05, 0.1) is 11.8 Å². The molecule has 3 aromatic rings. The van der Waals surface area contributed by atoms with Crippen LogP contribution in [0.5, 0.6) is 0 Å². The van der Waals surface area contributed by atoms with Crippen molar-refractivity contribution >= 4 is 23.2 Å². The topological polar surface area (TPSA) is 84.2 Å². The summed E-state index contributed by atoms with van der Waals surface area (Å²) in [4.78, 5) is 28.0. The maximum absolute atomic E-state index is 13.8. The molecule has 150 valence electrons. The Morgan fingerprint density at radius 2 is 1.69 bits per heavy atom. The number of nitrogens with zero attached hydrogens (tertiary/aromatic N) is 1. The van der Waals surface area contributed by atoms with E-state index in [1.165, 1.54) is 12.3 Å². The van der Waals surface area contributed by atoms with Crippen LogP contribution in [0.25, 0.3) is 11.3 Å². The number of anilines is 2. The first kappa shape index (κ1) is 20.3. The molecule has 6 nitrogen and oxygen atoms in total. The van der Waals surface area contributed by atoms with Gasteiger partial charge in [-0.3, -0.25) is 9.59 Å². The Hall–Kier alpha value is -3.48. The van der Waals surface area contributed by atoms with E-state index in [2.05, 4.69) is 15.6 Å². The molecule has 2 amide bonds. The molecule has 2 N–H and O–H groups in total. The van der Waals surface area contributed by atoms with Gasteiger partial charge >= 0.3 is 0 Å². The number of rotatable bonds is 8. The van der Waals surface area contributed by atoms with Crippen molar-refractivity contribution in [2.24, 2.45) is 0 Å². The largest absolute Gasteiger partial charge is 0.441 e. The highest BCUT2D eigenvalue weighted by Gasteiger charge is 2.12. The predicted octanol–water partition coefficient (Wildman–Crippen LogP) is 4.79. The molecule has 0 aliphatic carbocycles. The second kappa shape index (κ2) is 9.64. The van der Waals surface area contributed by atoms with Gasteiger partial charge < -0.3 is 15.1 Å². The molecule has 0 saturated heterocycles. The van der Waals surface area contributed by atoms with Gasteiger partial charge in [0.25, 0.3) is 0 Å². The number of hydrogen-bond acceptors (Lipinski definition) is 4. The molecule has 0 unspecified atom stereocenters. The van der Waals surface area contributed by atoms with Crippen molar-refractivity contribution in [3.63, 3.8) is 0 Å². The minimum absolute atomic E-state index is 0.0643. The van der Waals surface area contributed by atoms with Crippen LogP contribution in [0.4, 0.5) is 15.8 Å². The highest BCUT2D eigenvalue weighted by atomic mass is 19.1. The minimum atomic E-state index is -0.390. The molecule has 7 heteroatoms. The monoisotopic (exact) mass is 395 g/mol. The number of benzene rings is 2. The Morgan fingerprint density at radius 3 is 2.38 bits per heavy atom. The summed E-state index contributed by atoms with van der Waals surface area (Å²) in [5.74, 6) is 0.0186. The van der Waals surface area contributed by atoms with E-state index in [-0.39, 0.29) is 30.5 Å². The van der Waals surface area contributed by atoms with E-state index in [4.69, 9.17) is 4.42 Å². The van der Waals surface area contributed by atoms with E-state index in [9.17, 15) is 14.0 Å². The summed E-state index contributed by atoms with van der Waals surface area (Å²) in [6, 6.07) is 13.2. The highest BCUT2D eigenvalue weighted by Crippen LogP contribution is 2.23. The zero-order valence-corrected chi connectivity index (χ0v) is 16.1. The molecule has 3 rings (SSSR count). The van der Waals surface area contributed by atoms with E-state index in [0.29, 0.717) is 35.0 Å². The number of hydrogen-bond donors (Lipinski definition) is 2. The number of carbonyl (C=O) groups is 2. The fraction of sp³-hybridized carbons (Fsp3) is 0.227. The number of aryl methyl sites for hydroxylation is 1. The summed E-state index contributed by atoms with van der Waals surface area (Å²) < 4.78 is 19.4. The van der Waals surface area contributed by atoms with E-state index in [1.807, 2.05) is 6.92 Å².